The summed E-state index contributed by atoms with van der Waals surface area (Å²) in [5, 5.41) is 4.79. The van der Waals surface area contributed by atoms with Crippen LogP contribution in [0.2, 0.25) is 0 Å². The van der Waals surface area contributed by atoms with E-state index < -0.39 is 29.7 Å². The van der Waals surface area contributed by atoms with Crippen LogP contribution in [0.5, 0.6) is 0 Å². The third-order valence-corrected chi connectivity index (χ3v) is 6.08. The Morgan fingerprint density at radius 3 is 2.16 bits per heavy atom. The van der Waals surface area contributed by atoms with Crippen LogP contribution in [-0.2, 0) is 9.53 Å². The zero-order valence-electron chi connectivity index (χ0n) is 17.5. The lowest BCUT2D eigenvalue weighted by Crippen LogP contribution is -2.45. The first-order chi connectivity index (χ1) is 15.4. The van der Waals surface area contributed by atoms with Gasteiger partial charge in [0, 0.05) is 10.9 Å². The third kappa shape index (κ3) is 3.69. The average Bonchev–Trinajstić information content (AvgIpc) is 3.33. The van der Waals surface area contributed by atoms with Crippen molar-refractivity contribution in [3.05, 3.63) is 76.7 Å². The van der Waals surface area contributed by atoms with E-state index in [0.717, 1.165) is 10.5 Å². The van der Waals surface area contributed by atoms with E-state index in [-0.39, 0.29) is 23.3 Å². The highest BCUT2D eigenvalue weighted by atomic mass is 32.1. The van der Waals surface area contributed by atoms with Crippen LogP contribution < -0.4 is 5.32 Å². The van der Waals surface area contributed by atoms with Gasteiger partial charge in [0.2, 0.25) is 5.91 Å². The molecule has 2 aromatic carbocycles. The van der Waals surface area contributed by atoms with Crippen molar-refractivity contribution in [2.75, 3.05) is 11.9 Å². The van der Waals surface area contributed by atoms with Crippen LogP contribution in [0.25, 0.3) is 11.1 Å². The van der Waals surface area contributed by atoms with Crippen molar-refractivity contribution in [3.63, 3.8) is 0 Å². The minimum atomic E-state index is -1.07. The number of benzene rings is 2. The molecule has 3 aromatic rings. The standard InChI is InChI=1S/C24H20N2O5S/c1-3-31-24(30)19-18(15-9-5-4-6-10-15)13-32-21(19)25-20(27)14(2)26-22(28)16-11-7-8-12-17(16)23(26)29/h4-14H,3H2,1-2H3,(H,25,27)/t14-/m0/s1. The van der Waals surface area contributed by atoms with Crippen molar-refractivity contribution in [2.24, 2.45) is 0 Å². The van der Waals surface area contributed by atoms with Gasteiger partial charge < -0.3 is 10.1 Å². The zero-order valence-corrected chi connectivity index (χ0v) is 18.3. The second-order valence-corrected chi connectivity index (χ2v) is 8.01. The lowest BCUT2D eigenvalue weighted by Gasteiger charge is -2.21. The topological polar surface area (TPSA) is 92.8 Å². The second kappa shape index (κ2) is 8.76. The number of rotatable bonds is 6. The number of nitrogens with zero attached hydrogens (tertiary/aromatic N) is 1. The van der Waals surface area contributed by atoms with Crippen molar-refractivity contribution in [2.45, 2.75) is 19.9 Å². The molecule has 1 aliphatic heterocycles. The van der Waals surface area contributed by atoms with Gasteiger partial charge in [0.15, 0.2) is 0 Å². The van der Waals surface area contributed by atoms with E-state index >= 15 is 0 Å². The van der Waals surface area contributed by atoms with Gasteiger partial charge in [0.05, 0.1) is 17.7 Å². The maximum Gasteiger partial charge on any atom is 0.341 e. The number of amides is 3. The molecule has 1 N–H and O–H groups in total. The number of esters is 1. The van der Waals surface area contributed by atoms with E-state index in [1.165, 1.54) is 18.3 Å². The minimum Gasteiger partial charge on any atom is -0.462 e. The number of anilines is 1. The highest BCUT2D eigenvalue weighted by molar-refractivity contribution is 7.15. The number of imide groups is 1. The molecule has 1 aliphatic rings. The van der Waals surface area contributed by atoms with Crippen molar-refractivity contribution in [1.82, 2.24) is 4.90 Å². The molecule has 3 amide bonds. The van der Waals surface area contributed by atoms with E-state index in [1.54, 1.807) is 36.6 Å². The molecule has 1 atom stereocenters. The fraction of sp³-hybridized carbons (Fsp3) is 0.167. The van der Waals surface area contributed by atoms with Crippen molar-refractivity contribution in [3.8, 4) is 11.1 Å². The Hall–Kier alpha value is -3.78. The summed E-state index contributed by atoms with van der Waals surface area (Å²) < 4.78 is 5.21. The molecule has 4 rings (SSSR count). The number of nitrogens with one attached hydrogen (secondary N) is 1. The molecule has 32 heavy (non-hydrogen) atoms. The Bertz CT molecular complexity index is 1180. The molecule has 162 valence electrons. The number of fused-ring (bicyclic) bond motifs is 1. The van der Waals surface area contributed by atoms with Crippen LogP contribution in [0, 0.1) is 0 Å². The molecule has 0 spiro atoms. The molecule has 0 saturated carbocycles. The molecule has 2 heterocycles. The highest BCUT2D eigenvalue weighted by Gasteiger charge is 2.41. The molecular weight excluding hydrogens is 428 g/mol. The minimum absolute atomic E-state index is 0.182. The summed E-state index contributed by atoms with van der Waals surface area (Å²) in [6.45, 7) is 3.36. The maximum absolute atomic E-state index is 13.0. The first-order valence-electron chi connectivity index (χ1n) is 10.1. The highest BCUT2D eigenvalue weighted by Crippen LogP contribution is 2.36. The molecule has 8 heteroatoms. The Kier molecular flexibility index (Phi) is 5.87. The van der Waals surface area contributed by atoms with E-state index in [1.807, 2.05) is 30.3 Å². The van der Waals surface area contributed by atoms with Crippen molar-refractivity contribution >= 4 is 40.0 Å². The SMILES string of the molecule is CCOC(=O)c1c(-c2ccccc2)csc1NC(=O)[C@H](C)N1C(=O)c2ccccc2C1=O. The number of carbonyl (C=O) groups is 4. The van der Waals surface area contributed by atoms with Crippen molar-refractivity contribution in [1.29, 1.82) is 0 Å². The Morgan fingerprint density at radius 2 is 1.56 bits per heavy atom. The van der Waals surface area contributed by atoms with Gasteiger partial charge in [-0.05, 0) is 31.5 Å². The third-order valence-electron chi connectivity index (χ3n) is 5.18. The van der Waals surface area contributed by atoms with Crippen LogP contribution in [-0.4, -0.2) is 41.2 Å². The zero-order chi connectivity index (χ0) is 22.8. The summed E-state index contributed by atoms with van der Waals surface area (Å²) in [6.07, 6.45) is 0. The van der Waals surface area contributed by atoms with Gasteiger partial charge >= 0.3 is 5.97 Å². The predicted octanol–water partition coefficient (Wildman–Crippen LogP) is 4.22. The Balaban J connectivity index is 1.62. The van der Waals surface area contributed by atoms with Gasteiger partial charge in [-0.25, -0.2) is 4.79 Å². The van der Waals surface area contributed by atoms with E-state index in [0.29, 0.717) is 10.6 Å². The number of thiophene rings is 1. The van der Waals surface area contributed by atoms with Crippen LogP contribution >= 0.6 is 11.3 Å². The molecule has 0 bridgehead atoms. The summed E-state index contributed by atoms with van der Waals surface area (Å²) in [6, 6.07) is 14.7. The molecule has 1 aromatic heterocycles. The molecule has 0 unspecified atom stereocenters. The van der Waals surface area contributed by atoms with E-state index in [4.69, 9.17) is 4.74 Å². The fourth-order valence-electron chi connectivity index (χ4n) is 3.58. The first-order valence-corrected chi connectivity index (χ1v) is 10.9. The normalized spacial score (nSPS) is 13.6. The van der Waals surface area contributed by atoms with Crippen LogP contribution in [0.15, 0.2) is 60.0 Å². The Labute approximate surface area is 188 Å². The van der Waals surface area contributed by atoms with E-state index in [2.05, 4.69) is 5.32 Å². The smallest absolute Gasteiger partial charge is 0.341 e. The number of hydrogen-bond donors (Lipinski definition) is 1. The summed E-state index contributed by atoms with van der Waals surface area (Å²) in [5.41, 5.74) is 2.23. The van der Waals surface area contributed by atoms with Gasteiger partial charge in [0.25, 0.3) is 11.8 Å². The maximum atomic E-state index is 13.0. The molecular formula is C24H20N2O5S. The summed E-state index contributed by atoms with van der Waals surface area (Å²) in [5.74, 6) is -2.17. The van der Waals surface area contributed by atoms with Gasteiger partial charge in [-0.15, -0.1) is 11.3 Å². The van der Waals surface area contributed by atoms with Crippen LogP contribution in [0.1, 0.15) is 44.9 Å². The van der Waals surface area contributed by atoms with Crippen molar-refractivity contribution < 1.29 is 23.9 Å². The molecule has 0 radical (unpaired) electrons. The van der Waals surface area contributed by atoms with E-state index in [9.17, 15) is 19.2 Å². The number of carbonyl (C=O) groups excluding carboxylic acids is 4. The summed E-state index contributed by atoms with van der Waals surface area (Å²) in [4.78, 5) is 52.1. The van der Waals surface area contributed by atoms with Gasteiger partial charge in [0.1, 0.15) is 16.6 Å². The summed E-state index contributed by atoms with van der Waals surface area (Å²) in [7, 11) is 0. The quantitative estimate of drug-likeness (QED) is 0.450. The van der Waals surface area contributed by atoms with Crippen LogP contribution in [0.4, 0.5) is 5.00 Å². The fourth-order valence-corrected chi connectivity index (χ4v) is 4.54. The van der Waals surface area contributed by atoms with Crippen LogP contribution in [0.3, 0.4) is 0 Å². The Morgan fingerprint density at radius 1 is 0.969 bits per heavy atom. The second-order valence-electron chi connectivity index (χ2n) is 7.13. The van der Waals surface area contributed by atoms with Gasteiger partial charge in [-0.1, -0.05) is 42.5 Å². The first kappa shape index (κ1) is 21.5. The summed E-state index contributed by atoms with van der Waals surface area (Å²) >= 11 is 1.18. The molecule has 7 nitrogen and oxygen atoms in total. The lowest BCUT2D eigenvalue weighted by atomic mass is 10.0. The number of hydrogen-bond acceptors (Lipinski definition) is 6. The largest absolute Gasteiger partial charge is 0.462 e. The lowest BCUT2D eigenvalue weighted by molar-refractivity contribution is -0.119. The molecule has 0 saturated heterocycles. The molecule has 0 fully saturated rings. The molecule has 0 aliphatic carbocycles. The van der Waals surface area contributed by atoms with Gasteiger partial charge in [-0.3, -0.25) is 19.3 Å². The average molecular weight is 449 g/mol. The number of ether oxygens (including phenoxy) is 1. The monoisotopic (exact) mass is 448 g/mol. The predicted molar refractivity (Wildman–Crippen MR) is 121 cm³/mol. The van der Waals surface area contributed by atoms with Gasteiger partial charge in [-0.2, -0.15) is 0 Å².